The van der Waals surface area contributed by atoms with Crippen LogP contribution in [0.4, 0.5) is 5.82 Å². The fraction of sp³-hybridized carbons (Fsp3) is 0.353. The third kappa shape index (κ3) is 3.02. The van der Waals surface area contributed by atoms with Crippen LogP contribution in [0.2, 0.25) is 0 Å². The largest absolute Gasteiger partial charge is 0.305 e. The minimum atomic E-state index is -0.280. The third-order valence-electron chi connectivity index (χ3n) is 4.20. The van der Waals surface area contributed by atoms with Crippen molar-refractivity contribution >= 4 is 11.7 Å². The minimum Gasteiger partial charge on any atom is -0.305 e. The van der Waals surface area contributed by atoms with Gasteiger partial charge in [-0.05, 0) is 51.7 Å². The number of aromatic nitrogens is 6. The highest BCUT2D eigenvalue weighted by molar-refractivity contribution is 6.02. The monoisotopic (exact) mass is 337 g/mol. The van der Waals surface area contributed by atoms with E-state index in [0.29, 0.717) is 23.4 Å². The van der Waals surface area contributed by atoms with Gasteiger partial charge in [-0.3, -0.25) is 9.89 Å². The van der Waals surface area contributed by atoms with Gasteiger partial charge in [-0.1, -0.05) is 0 Å². The Hall–Kier alpha value is -3.03. The van der Waals surface area contributed by atoms with Crippen molar-refractivity contribution in [2.75, 3.05) is 5.32 Å². The van der Waals surface area contributed by atoms with Crippen LogP contribution in [0.1, 0.15) is 51.9 Å². The Labute approximate surface area is 144 Å². The molecule has 8 heteroatoms. The number of aryl methyl sites for hydroxylation is 3. The van der Waals surface area contributed by atoms with Gasteiger partial charge in [0.05, 0.1) is 6.20 Å². The smallest absolute Gasteiger partial charge is 0.277 e. The molecule has 1 aliphatic rings. The Balaban J connectivity index is 1.61. The van der Waals surface area contributed by atoms with E-state index in [-0.39, 0.29) is 5.91 Å². The summed E-state index contributed by atoms with van der Waals surface area (Å²) in [6.45, 7) is 5.68. The van der Waals surface area contributed by atoms with Gasteiger partial charge in [-0.25, -0.2) is 14.6 Å². The highest BCUT2D eigenvalue weighted by Crippen LogP contribution is 2.42. The number of carbonyl (C=O) groups is 1. The summed E-state index contributed by atoms with van der Waals surface area (Å²) in [5.41, 5.74) is 3.88. The van der Waals surface area contributed by atoms with Crippen molar-refractivity contribution in [2.24, 2.45) is 0 Å². The molecular formula is C17H19N7O. The zero-order valence-electron chi connectivity index (χ0n) is 14.4. The van der Waals surface area contributed by atoms with E-state index in [1.807, 2.05) is 26.8 Å². The highest BCUT2D eigenvalue weighted by Gasteiger charge is 2.28. The average molecular weight is 337 g/mol. The molecule has 0 spiro atoms. The van der Waals surface area contributed by atoms with Crippen LogP contribution in [0.25, 0.3) is 5.95 Å². The van der Waals surface area contributed by atoms with E-state index in [2.05, 4.69) is 30.6 Å². The molecule has 0 saturated heterocycles. The van der Waals surface area contributed by atoms with Crippen molar-refractivity contribution in [3.05, 3.63) is 46.7 Å². The average Bonchev–Trinajstić information content (AvgIpc) is 3.16. The molecule has 128 valence electrons. The fourth-order valence-electron chi connectivity index (χ4n) is 2.87. The van der Waals surface area contributed by atoms with Crippen molar-refractivity contribution in [3.8, 4) is 5.95 Å². The molecule has 0 aromatic carbocycles. The van der Waals surface area contributed by atoms with Crippen LogP contribution in [0.3, 0.4) is 0 Å². The van der Waals surface area contributed by atoms with Gasteiger partial charge in [0, 0.05) is 22.6 Å². The number of nitrogens with one attached hydrogen (secondary N) is 2. The Morgan fingerprint density at radius 3 is 2.60 bits per heavy atom. The fourth-order valence-corrected chi connectivity index (χ4v) is 2.87. The number of aromatic amines is 1. The van der Waals surface area contributed by atoms with Crippen LogP contribution in [-0.2, 0) is 0 Å². The maximum Gasteiger partial charge on any atom is 0.277 e. The lowest BCUT2D eigenvalue weighted by Crippen LogP contribution is -2.15. The molecule has 3 aromatic heterocycles. The zero-order valence-corrected chi connectivity index (χ0v) is 14.4. The molecule has 1 saturated carbocycles. The number of hydrogen-bond donors (Lipinski definition) is 2. The van der Waals surface area contributed by atoms with Crippen LogP contribution < -0.4 is 5.32 Å². The van der Waals surface area contributed by atoms with E-state index in [0.717, 1.165) is 35.5 Å². The van der Waals surface area contributed by atoms with Gasteiger partial charge < -0.3 is 5.32 Å². The van der Waals surface area contributed by atoms with Crippen molar-refractivity contribution in [1.29, 1.82) is 0 Å². The lowest BCUT2D eigenvalue weighted by atomic mass is 10.2. The SMILES string of the molecule is Cc1cc(C)nc(-n2nc(C(=O)Nc3[nH]ncc3C3CC3)cc2C)n1. The molecule has 1 aliphatic carbocycles. The van der Waals surface area contributed by atoms with Crippen molar-refractivity contribution in [2.45, 2.75) is 39.5 Å². The Morgan fingerprint density at radius 1 is 1.20 bits per heavy atom. The number of H-pyrrole nitrogens is 1. The summed E-state index contributed by atoms with van der Waals surface area (Å²) in [7, 11) is 0. The molecule has 2 N–H and O–H groups in total. The molecule has 0 atom stereocenters. The quantitative estimate of drug-likeness (QED) is 0.761. The summed E-state index contributed by atoms with van der Waals surface area (Å²) < 4.78 is 1.59. The van der Waals surface area contributed by atoms with Gasteiger partial charge in [0.15, 0.2) is 5.69 Å². The number of nitrogens with zero attached hydrogens (tertiary/aromatic N) is 5. The summed E-state index contributed by atoms with van der Waals surface area (Å²) in [6, 6.07) is 3.62. The van der Waals surface area contributed by atoms with E-state index in [4.69, 9.17) is 0 Å². The van der Waals surface area contributed by atoms with Gasteiger partial charge in [-0.2, -0.15) is 10.2 Å². The lowest BCUT2D eigenvalue weighted by molar-refractivity contribution is 0.102. The zero-order chi connectivity index (χ0) is 17.6. The number of rotatable bonds is 4. The molecule has 0 aliphatic heterocycles. The van der Waals surface area contributed by atoms with E-state index in [1.54, 1.807) is 16.9 Å². The summed E-state index contributed by atoms with van der Waals surface area (Å²) in [5, 5.41) is 14.1. The molecule has 8 nitrogen and oxygen atoms in total. The first kappa shape index (κ1) is 15.5. The van der Waals surface area contributed by atoms with Crippen LogP contribution in [-0.4, -0.2) is 35.9 Å². The minimum absolute atomic E-state index is 0.280. The Bertz CT molecular complexity index is 932. The first-order valence-electron chi connectivity index (χ1n) is 8.25. The predicted octanol–water partition coefficient (Wildman–Crippen LogP) is 2.44. The third-order valence-corrected chi connectivity index (χ3v) is 4.20. The van der Waals surface area contributed by atoms with Crippen LogP contribution in [0, 0.1) is 20.8 Å². The van der Waals surface area contributed by atoms with E-state index in [9.17, 15) is 4.79 Å². The number of hydrogen-bond acceptors (Lipinski definition) is 5. The lowest BCUT2D eigenvalue weighted by Gasteiger charge is -2.05. The van der Waals surface area contributed by atoms with Gasteiger partial charge in [0.25, 0.3) is 11.9 Å². The predicted molar refractivity (Wildman–Crippen MR) is 91.9 cm³/mol. The maximum atomic E-state index is 12.6. The molecular weight excluding hydrogens is 318 g/mol. The molecule has 0 radical (unpaired) electrons. The van der Waals surface area contributed by atoms with Gasteiger partial charge in [-0.15, -0.1) is 0 Å². The molecule has 0 bridgehead atoms. The summed E-state index contributed by atoms with van der Waals surface area (Å²) >= 11 is 0. The molecule has 3 aromatic rings. The van der Waals surface area contributed by atoms with Crippen molar-refractivity contribution < 1.29 is 4.79 Å². The maximum absolute atomic E-state index is 12.6. The topological polar surface area (TPSA) is 101 Å². The van der Waals surface area contributed by atoms with Crippen LogP contribution in [0.5, 0.6) is 0 Å². The van der Waals surface area contributed by atoms with E-state index >= 15 is 0 Å². The molecule has 25 heavy (non-hydrogen) atoms. The molecule has 0 unspecified atom stereocenters. The molecule has 1 amide bonds. The van der Waals surface area contributed by atoms with Crippen molar-refractivity contribution in [1.82, 2.24) is 29.9 Å². The summed E-state index contributed by atoms with van der Waals surface area (Å²) in [5.74, 6) is 1.34. The summed E-state index contributed by atoms with van der Waals surface area (Å²) in [4.78, 5) is 21.4. The van der Waals surface area contributed by atoms with E-state index < -0.39 is 0 Å². The van der Waals surface area contributed by atoms with Crippen LogP contribution in [0.15, 0.2) is 18.3 Å². The standard InChI is InChI=1S/C17H19N7O/c1-9-6-10(2)20-17(19-9)24-11(3)7-14(23-24)16(25)21-15-13(8-18-22-15)12-4-5-12/h6-8,12H,4-5H2,1-3H3,(H2,18,21,22,25). The van der Waals surface area contributed by atoms with Gasteiger partial charge in [0.2, 0.25) is 0 Å². The second kappa shape index (κ2) is 5.80. The van der Waals surface area contributed by atoms with Gasteiger partial charge in [0.1, 0.15) is 5.82 Å². The molecule has 4 rings (SSSR count). The first-order chi connectivity index (χ1) is 12.0. The van der Waals surface area contributed by atoms with Gasteiger partial charge >= 0.3 is 0 Å². The number of amides is 1. The second-order valence-corrected chi connectivity index (χ2v) is 6.46. The Morgan fingerprint density at radius 2 is 1.92 bits per heavy atom. The summed E-state index contributed by atoms with van der Waals surface area (Å²) in [6.07, 6.45) is 4.06. The second-order valence-electron chi connectivity index (χ2n) is 6.46. The van der Waals surface area contributed by atoms with Crippen LogP contribution >= 0.6 is 0 Å². The van der Waals surface area contributed by atoms with Crippen molar-refractivity contribution in [3.63, 3.8) is 0 Å². The van der Waals surface area contributed by atoms with E-state index in [1.165, 1.54) is 0 Å². The highest BCUT2D eigenvalue weighted by atomic mass is 16.2. The molecule has 1 fully saturated rings. The number of anilines is 1. The number of carbonyl (C=O) groups excluding carboxylic acids is 1. The molecule has 3 heterocycles. The Kier molecular flexibility index (Phi) is 3.60. The first-order valence-corrected chi connectivity index (χ1v) is 8.25. The normalized spacial score (nSPS) is 13.9.